The molecule has 0 unspecified atom stereocenters. The summed E-state index contributed by atoms with van der Waals surface area (Å²) >= 11 is 1.29. The number of aryl methyl sites for hydroxylation is 2. The molecule has 0 radical (unpaired) electrons. The normalized spacial score (nSPS) is 11.2. The third-order valence-electron chi connectivity index (χ3n) is 4.41. The van der Waals surface area contributed by atoms with Crippen molar-refractivity contribution in [2.45, 2.75) is 30.6 Å². The van der Waals surface area contributed by atoms with Gasteiger partial charge in [-0.25, -0.2) is 13.1 Å². The van der Waals surface area contributed by atoms with Gasteiger partial charge in [0.25, 0.3) is 5.69 Å². The molecule has 0 fully saturated rings. The Balaban J connectivity index is 1.41. The molecule has 168 valence electrons. The first kappa shape index (κ1) is 23.4. The van der Waals surface area contributed by atoms with Gasteiger partial charge in [-0.3, -0.25) is 14.9 Å². The van der Waals surface area contributed by atoms with Crippen molar-refractivity contribution in [3.8, 4) is 0 Å². The van der Waals surface area contributed by atoms with Gasteiger partial charge in [0.05, 0.1) is 9.82 Å². The first-order valence-electron chi connectivity index (χ1n) is 9.74. The van der Waals surface area contributed by atoms with Gasteiger partial charge in [0.1, 0.15) is 5.01 Å². The molecule has 2 aromatic carbocycles. The number of carbonyl (C=O) groups is 1. The molecular weight excluding hydrogens is 454 g/mol. The topological polar surface area (TPSA) is 144 Å². The molecule has 1 aromatic heterocycles. The molecule has 0 aliphatic heterocycles. The first-order valence-corrected chi connectivity index (χ1v) is 12.0. The van der Waals surface area contributed by atoms with Crippen LogP contribution in [-0.2, 0) is 27.7 Å². The van der Waals surface area contributed by atoms with Crippen LogP contribution < -0.4 is 10.0 Å². The number of non-ortho nitro benzene ring substituents is 1. The fourth-order valence-corrected chi connectivity index (χ4v) is 4.63. The van der Waals surface area contributed by atoms with E-state index in [1.54, 1.807) is 0 Å². The Hall–Kier alpha value is -3.22. The number of benzene rings is 2. The highest BCUT2D eigenvalue weighted by atomic mass is 32.2. The lowest BCUT2D eigenvalue weighted by atomic mass is 10.1. The van der Waals surface area contributed by atoms with E-state index in [1.165, 1.54) is 16.9 Å². The van der Waals surface area contributed by atoms with E-state index in [1.807, 2.05) is 18.2 Å². The molecule has 10 nitrogen and oxygen atoms in total. The van der Waals surface area contributed by atoms with Crippen LogP contribution in [0, 0.1) is 10.1 Å². The highest BCUT2D eigenvalue weighted by Crippen LogP contribution is 2.18. The van der Waals surface area contributed by atoms with Crippen LogP contribution in [0.3, 0.4) is 0 Å². The standard InChI is InChI=1S/C20H21N5O5S2/c26-18(13-14-21-32(29,30)17-11-9-16(10-12-17)25(27)28)22-20-24-23-19(31-20)8-4-7-15-5-2-1-3-6-15/h1-3,5-6,9-12,21H,4,7-8,13-14H2,(H,22,24,26). The summed E-state index contributed by atoms with van der Waals surface area (Å²) in [5.41, 5.74) is 1.04. The van der Waals surface area contributed by atoms with E-state index in [-0.39, 0.29) is 23.5 Å². The Morgan fingerprint density at radius 2 is 1.75 bits per heavy atom. The molecule has 32 heavy (non-hydrogen) atoms. The van der Waals surface area contributed by atoms with E-state index < -0.39 is 20.9 Å². The average molecular weight is 476 g/mol. The van der Waals surface area contributed by atoms with Gasteiger partial charge in [-0.2, -0.15) is 0 Å². The molecule has 3 rings (SSSR count). The van der Waals surface area contributed by atoms with Crippen molar-refractivity contribution < 1.29 is 18.1 Å². The number of rotatable bonds is 11. The zero-order chi connectivity index (χ0) is 23.0. The summed E-state index contributed by atoms with van der Waals surface area (Å²) in [6.07, 6.45) is 2.49. The van der Waals surface area contributed by atoms with Crippen LogP contribution in [-0.4, -0.2) is 36.0 Å². The number of nitro groups is 1. The zero-order valence-corrected chi connectivity index (χ0v) is 18.6. The molecule has 0 atom stereocenters. The number of amides is 1. The maximum atomic E-state index is 12.2. The SMILES string of the molecule is O=C(CCNS(=O)(=O)c1ccc([N+](=O)[O-])cc1)Nc1nnc(CCCc2ccccc2)s1. The van der Waals surface area contributed by atoms with Crippen molar-refractivity contribution in [2.24, 2.45) is 0 Å². The number of anilines is 1. The second-order valence-electron chi connectivity index (χ2n) is 6.79. The number of aromatic nitrogens is 2. The quantitative estimate of drug-likeness (QED) is 0.320. The highest BCUT2D eigenvalue weighted by Gasteiger charge is 2.16. The number of sulfonamides is 1. The predicted molar refractivity (Wildman–Crippen MR) is 120 cm³/mol. The van der Waals surface area contributed by atoms with E-state index in [2.05, 4.69) is 32.4 Å². The van der Waals surface area contributed by atoms with Gasteiger partial charge in [-0.15, -0.1) is 10.2 Å². The molecule has 0 spiro atoms. The third-order valence-corrected chi connectivity index (χ3v) is 6.79. The van der Waals surface area contributed by atoms with Gasteiger partial charge in [0, 0.05) is 31.5 Å². The minimum Gasteiger partial charge on any atom is -0.300 e. The van der Waals surface area contributed by atoms with Crippen LogP contribution in [0.15, 0.2) is 59.5 Å². The summed E-state index contributed by atoms with van der Waals surface area (Å²) in [6.45, 7) is -0.131. The second-order valence-corrected chi connectivity index (χ2v) is 9.62. The minimum atomic E-state index is -3.88. The second kappa shape index (κ2) is 10.9. The Kier molecular flexibility index (Phi) is 7.98. The van der Waals surface area contributed by atoms with E-state index >= 15 is 0 Å². The number of nitrogens with zero attached hydrogens (tertiary/aromatic N) is 3. The third kappa shape index (κ3) is 6.90. The van der Waals surface area contributed by atoms with Crippen LogP contribution in [0.2, 0.25) is 0 Å². The van der Waals surface area contributed by atoms with E-state index in [0.717, 1.165) is 48.5 Å². The Morgan fingerprint density at radius 3 is 2.44 bits per heavy atom. The number of carbonyl (C=O) groups excluding carboxylic acids is 1. The predicted octanol–water partition coefficient (Wildman–Crippen LogP) is 2.93. The summed E-state index contributed by atoms with van der Waals surface area (Å²) in [4.78, 5) is 22.0. The van der Waals surface area contributed by atoms with Gasteiger partial charge in [-0.05, 0) is 30.5 Å². The maximum absolute atomic E-state index is 12.2. The number of nitrogens with one attached hydrogen (secondary N) is 2. The van der Waals surface area contributed by atoms with E-state index in [4.69, 9.17) is 0 Å². The van der Waals surface area contributed by atoms with Crippen molar-refractivity contribution in [1.82, 2.24) is 14.9 Å². The Bertz CT molecular complexity index is 1160. The maximum Gasteiger partial charge on any atom is 0.269 e. The molecule has 12 heteroatoms. The van der Waals surface area contributed by atoms with Gasteiger partial charge in [0.15, 0.2) is 0 Å². The average Bonchev–Trinajstić information content (AvgIpc) is 3.21. The summed E-state index contributed by atoms with van der Waals surface area (Å²) < 4.78 is 26.8. The van der Waals surface area contributed by atoms with Crippen LogP contribution in [0.25, 0.3) is 0 Å². The largest absolute Gasteiger partial charge is 0.300 e. The smallest absolute Gasteiger partial charge is 0.269 e. The summed E-state index contributed by atoms with van der Waals surface area (Å²) in [5, 5.41) is 22.5. The lowest BCUT2D eigenvalue weighted by Crippen LogP contribution is -2.27. The van der Waals surface area contributed by atoms with Crippen molar-refractivity contribution in [3.05, 3.63) is 75.3 Å². The molecule has 3 aromatic rings. The lowest BCUT2D eigenvalue weighted by Gasteiger charge is -2.06. The molecular formula is C20H21N5O5S2. The molecule has 2 N–H and O–H groups in total. The van der Waals surface area contributed by atoms with Crippen LogP contribution in [0.4, 0.5) is 10.8 Å². The number of nitro benzene ring substituents is 1. The van der Waals surface area contributed by atoms with Gasteiger partial charge in [0.2, 0.25) is 21.1 Å². The highest BCUT2D eigenvalue weighted by molar-refractivity contribution is 7.89. The van der Waals surface area contributed by atoms with Crippen LogP contribution in [0.1, 0.15) is 23.4 Å². The molecule has 0 aliphatic carbocycles. The fourth-order valence-electron chi connectivity index (χ4n) is 2.80. The molecule has 1 amide bonds. The van der Waals surface area contributed by atoms with Crippen LogP contribution >= 0.6 is 11.3 Å². The van der Waals surface area contributed by atoms with Gasteiger partial charge < -0.3 is 5.32 Å². The van der Waals surface area contributed by atoms with Crippen molar-refractivity contribution in [2.75, 3.05) is 11.9 Å². The zero-order valence-electron chi connectivity index (χ0n) is 16.9. The van der Waals surface area contributed by atoms with Gasteiger partial charge >= 0.3 is 0 Å². The number of hydrogen-bond acceptors (Lipinski definition) is 8. The number of hydrogen-bond donors (Lipinski definition) is 2. The molecule has 1 heterocycles. The Labute approximate surface area is 188 Å². The minimum absolute atomic E-state index is 0.102. The summed E-state index contributed by atoms with van der Waals surface area (Å²) in [7, 11) is -3.88. The first-order chi connectivity index (χ1) is 15.3. The lowest BCUT2D eigenvalue weighted by molar-refractivity contribution is -0.384. The van der Waals surface area contributed by atoms with Crippen molar-refractivity contribution >= 4 is 38.1 Å². The van der Waals surface area contributed by atoms with E-state index in [0.29, 0.717) is 5.13 Å². The van der Waals surface area contributed by atoms with E-state index in [9.17, 15) is 23.3 Å². The van der Waals surface area contributed by atoms with Crippen molar-refractivity contribution in [1.29, 1.82) is 0 Å². The molecule has 0 saturated carbocycles. The fraction of sp³-hybridized carbons (Fsp3) is 0.250. The summed E-state index contributed by atoms with van der Waals surface area (Å²) in [5.74, 6) is -0.400. The monoisotopic (exact) mass is 475 g/mol. The summed E-state index contributed by atoms with van der Waals surface area (Å²) in [6, 6.07) is 14.6. The molecule has 0 bridgehead atoms. The van der Waals surface area contributed by atoms with Gasteiger partial charge in [-0.1, -0.05) is 41.7 Å². The van der Waals surface area contributed by atoms with Crippen LogP contribution in [0.5, 0.6) is 0 Å². The Morgan fingerprint density at radius 1 is 1.03 bits per heavy atom. The van der Waals surface area contributed by atoms with Crippen molar-refractivity contribution in [3.63, 3.8) is 0 Å². The molecule has 0 saturated heterocycles. The molecule has 0 aliphatic rings.